The highest BCUT2D eigenvalue weighted by molar-refractivity contribution is 7.89. The maximum absolute atomic E-state index is 14.3. The monoisotopic (exact) mass is 496 g/mol. The predicted molar refractivity (Wildman–Crippen MR) is 117 cm³/mol. The van der Waals surface area contributed by atoms with Gasteiger partial charge in [0.15, 0.2) is 6.61 Å². The topological polar surface area (TPSA) is 132 Å². The number of esters is 2. The molecule has 34 heavy (non-hydrogen) atoms. The van der Waals surface area contributed by atoms with E-state index in [9.17, 15) is 27.2 Å². The van der Waals surface area contributed by atoms with E-state index in [4.69, 9.17) is 14.2 Å². The number of hydrogen-bond donors (Lipinski definition) is 1. The number of aromatic nitrogens is 1. The van der Waals surface area contributed by atoms with Gasteiger partial charge in [-0.15, -0.1) is 0 Å². The fraction of sp³-hybridized carbons (Fsp3) is 0.409. The molecular weight excluding hydrogens is 471 g/mol. The Morgan fingerprint density at radius 3 is 2.44 bits per heavy atom. The largest absolute Gasteiger partial charge is 0.462 e. The van der Waals surface area contributed by atoms with Gasteiger partial charge in [0.2, 0.25) is 15.8 Å². The molecule has 0 spiro atoms. The third-order valence-corrected chi connectivity index (χ3v) is 7.19. The van der Waals surface area contributed by atoms with Crippen molar-refractivity contribution in [1.82, 2.24) is 9.29 Å². The van der Waals surface area contributed by atoms with Gasteiger partial charge < -0.3 is 19.2 Å². The lowest BCUT2D eigenvalue weighted by molar-refractivity contribution is 0.0467. The van der Waals surface area contributed by atoms with Crippen molar-refractivity contribution in [3.8, 4) is 0 Å². The molecule has 10 nitrogen and oxygen atoms in total. The number of aryl methyl sites for hydroxylation is 1. The van der Waals surface area contributed by atoms with Crippen molar-refractivity contribution in [3.05, 3.63) is 52.1 Å². The molecule has 0 saturated carbocycles. The third kappa shape index (κ3) is 5.18. The Kier molecular flexibility index (Phi) is 7.85. The first-order valence-corrected chi connectivity index (χ1v) is 12.0. The molecule has 0 amide bonds. The summed E-state index contributed by atoms with van der Waals surface area (Å²) >= 11 is 0. The lowest BCUT2D eigenvalue weighted by Gasteiger charge is -2.26. The van der Waals surface area contributed by atoms with Crippen LogP contribution in [0, 0.1) is 19.7 Å². The van der Waals surface area contributed by atoms with Crippen LogP contribution in [-0.2, 0) is 24.2 Å². The lowest BCUT2D eigenvalue weighted by Crippen LogP contribution is -2.40. The maximum Gasteiger partial charge on any atom is 0.341 e. The molecule has 1 aromatic heterocycles. The second-order valence-electron chi connectivity index (χ2n) is 7.50. The molecule has 1 aromatic carbocycles. The Labute approximate surface area is 196 Å². The molecule has 1 aliphatic heterocycles. The number of H-pyrrole nitrogens is 1. The molecule has 184 valence electrons. The minimum absolute atomic E-state index is 0.0532. The van der Waals surface area contributed by atoms with Gasteiger partial charge in [0.25, 0.3) is 0 Å². The summed E-state index contributed by atoms with van der Waals surface area (Å²) in [7, 11) is -3.97. The summed E-state index contributed by atoms with van der Waals surface area (Å²) in [6.45, 7) is 4.94. The molecule has 0 unspecified atom stereocenters. The predicted octanol–water partition coefficient (Wildman–Crippen LogP) is 2.01. The zero-order chi connectivity index (χ0) is 25.0. The van der Waals surface area contributed by atoms with Gasteiger partial charge in [-0.05, 0) is 44.5 Å². The van der Waals surface area contributed by atoms with Crippen LogP contribution in [0.2, 0.25) is 0 Å². The molecule has 0 bridgehead atoms. The van der Waals surface area contributed by atoms with E-state index >= 15 is 0 Å². The zero-order valence-corrected chi connectivity index (χ0v) is 19.8. The number of carbonyl (C=O) groups excluding carboxylic acids is 3. The van der Waals surface area contributed by atoms with Crippen molar-refractivity contribution in [1.29, 1.82) is 0 Å². The molecule has 1 saturated heterocycles. The summed E-state index contributed by atoms with van der Waals surface area (Å²) in [5, 5.41) is 0. The quantitative estimate of drug-likeness (QED) is 0.434. The molecule has 1 fully saturated rings. The molecule has 0 aliphatic carbocycles. The number of aromatic amines is 1. The Morgan fingerprint density at radius 1 is 1.12 bits per heavy atom. The van der Waals surface area contributed by atoms with Crippen molar-refractivity contribution in [2.45, 2.75) is 25.7 Å². The van der Waals surface area contributed by atoms with Crippen LogP contribution in [-0.4, -0.2) is 74.9 Å². The summed E-state index contributed by atoms with van der Waals surface area (Å²) in [6.07, 6.45) is 0. The minimum Gasteiger partial charge on any atom is -0.462 e. The number of ketones is 1. The highest BCUT2D eigenvalue weighted by atomic mass is 32.2. The highest BCUT2D eigenvalue weighted by Crippen LogP contribution is 2.22. The van der Waals surface area contributed by atoms with Crippen LogP contribution in [0.1, 0.15) is 49.4 Å². The second-order valence-corrected chi connectivity index (χ2v) is 9.44. The molecule has 0 atom stereocenters. The fourth-order valence-electron chi connectivity index (χ4n) is 3.58. The molecular formula is C22H25FN2O8S. The minimum atomic E-state index is -3.97. The van der Waals surface area contributed by atoms with Gasteiger partial charge in [0, 0.05) is 18.8 Å². The summed E-state index contributed by atoms with van der Waals surface area (Å²) in [4.78, 5) is 39.7. The van der Waals surface area contributed by atoms with E-state index in [0.717, 1.165) is 18.2 Å². The molecule has 1 N–H and O–H groups in total. The number of rotatable bonds is 8. The van der Waals surface area contributed by atoms with Crippen molar-refractivity contribution in [3.63, 3.8) is 0 Å². The number of hydrogen-bond acceptors (Lipinski definition) is 8. The number of Topliss-reactive ketones (excluding diaryl/α,β-unsaturated/α-hetero) is 1. The standard InChI is InChI=1S/C22H25FN2O8S/c1-4-32-22(28)19-13(2)20(24-14(19)3)18(26)12-33-21(27)16-11-15(5-6-17(16)23)34(29,30)25-7-9-31-10-8-25/h5-6,11,24H,4,7-10,12H2,1-3H3. The first kappa shape index (κ1) is 25.5. The van der Waals surface area contributed by atoms with Gasteiger partial charge in [0.05, 0.1) is 41.5 Å². The first-order chi connectivity index (χ1) is 16.1. The van der Waals surface area contributed by atoms with Gasteiger partial charge in [0.1, 0.15) is 5.82 Å². The van der Waals surface area contributed by atoms with E-state index in [-0.39, 0.29) is 49.1 Å². The van der Waals surface area contributed by atoms with E-state index in [1.165, 1.54) is 4.31 Å². The van der Waals surface area contributed by atoms with E-state index in [1.807, 2.05) is 0 Å². The van der Waals surface area contributed by atoms with Gasteiger partial charge in [-0.25, -0.2) is 22.4 Å². The summed E-state index contributed by atoms with van der Waals surface area (Å²) in [6, 6.07) is 2.80. The van der Waals surface area contributed by atoms with Crippen molar-refractivity contribution in [2.24, 2.45) is 0 Å². The normalized spacial score (nSPS) is 14.6. The van der Waals surface area contributed by atoms with E-state index < -0.39 is 45.7 Å². The van der Waals surface area contributed by atoms with Crippen molar-refractivity contribution < 1.29 is 41.4 Å². The molecule has 12 heteroatoms. The number of morpholine rings is 1. The third-order valence-electron chi connectivity index (χ3n) is 5.30. The average molecular weight is 497 g/mol. The molecule has 2 heterocycles. The van der Waals surface area contributed by atoms with E-state index in [2.05, 4.69) is 4.98 Å². The van der Waals surface area contributed by atoms with Crippen LogP contribution >= 0.6 is 0 Å². The van der Waals surface area contributed by atoms with Crippen LogP contribution < -0.4 is 0 Å². The van der Waals surface area contributed by atoms with Crippen LogP contribution in [0.3, 0.4) is 0 Å². The second kappa shape index (κ2) is 10.5. The number of sulfonamides is 1. The van der Waals surface area contributed by atoms with Crippen LogP contribution in [0.5, 0.6) is 0 Å². The van der Waals surface area contributed by atoms with Crippen LogP contribution in [0.15, 0.2) is 23.1 Å². The summed E-state index contributed by atoms with van der Waals surface area (Å²) in [5.74, 6) is -3.43. The number of nitrogens with one attached hydrogen (secondary N) is 1. The summed E-state index contributed by atoms with van der Waals surface area (Å²) in [5.41, 5.74) is 0.397. The SMILES string of the molecule is CCOC(=O)c1c(C)[nH]c(C(=O)COC(=O)c2cc(S(=O)(=O)N3CCOCC3)ccc2F)c1C. The van der Waals surface area contributed by atoms with Crippen molar-refractivity contribution in [2.75, 3.05) is 39.5 Å². The van der Waals surface area contributed by atoms with Crippen molar-refractivity contribution >= 4 is 27.7 Å². The Balaban J connectivity index is 1.75. The number of ether oxygens (including phenoxy) is 3. The lowest BCUT2D eigenvalue weighted by atomic mass is 10.1. The molecule has 1 aliphatic rings. The average Bonchev–Trinajstić information content (AvgIpc) is 3.12. The van der Waals surface area contributed by atoms with Gasteiger partial charge >= 0.3 is 11.9 Å². The fourth-order valence-corrected chi connectivity index (χ4v) is 5.01. The van der Waals surface area contributed by atoms with Crippen LogP contribution in [0.4, 0.5) is 4.39 Å². The molecule has 0 radical (unpaired) electrons. The van der Waals surface area contributed by atoms with Gasteiger partial charge in [-0.3, -0.25) is 4.79 Å². The maximum atomic E-state index is 14.3. The van der Waals surface area contributed by atoms with E-state index in [1.54, 1.807) is 20.8 Å². The van der Waals surface area contributed by atoms with E-state index in [0.29, 0.717) is 11.3 Å². The Bertz CT molecular complexity index is 1220. The summed E-state index contributed by atoms with van der Waals surface area (Å²) < 4.78 is 56.2. The molecule has 2 aromatic rings. The zero-order valence-electron chi connectivity index (χ0n) is 19.0. The van der Waals surface area contributed by atoms with Crippen LogP contribution in [0.25, 0.3) is 0 Å². The first-order valence-electron chi connectivity index (χ1n) is 10.5. The number of benzene rings is 1. The molecule has 3 rings (SSSR count). The number of halogens is 1. The Hall–Kier alpha value is -3.09. The highest BCUT2D eigenvalue weighted by Gasteiger charge is 2.29. The van der Waals surface area contributed by atoms with Gasteiger partial charge in [-0.1, -0.05) is 0 Å². The Morgan fingerprint density at radius 2 is 1.79 bits per heavy atom. The number of carbonyl (C=O) groups is 3. The number of nitrogens with zero attached hydrogens (tertiary/aromatic N) is 1. The smallest absolute Gasteiger partial charge is 0.341 e. The van der Waals surface area contributed by atoms with Gasteiger partial charge in [-0.2, -0.15) is 4.31 Å².